The monoisotopic (exact) mass is 457 g/mol. The Labute approximate surface area is 196 Å². The number of nitrogens with one attached hydrogen (secondary N) is 2. The first kappa shape index (κ1) is 21.0. The highest BCUT2D eigenvalue weighted by Crippen LogP contribution is 2.40. The molecular formula is C25H27N7O2. The maximum absolute atomic E-state index is 13.1. The van der Waals surface area contributed by atoms with Crippen molar-refractivity contribution in [1.82, 2.24) is 29.6 Å². The minimum absolute atomic E-state index is 0.148. The first-order chi connectivity index (χ1) is 16.6. The molecule has 9 heteroatoms. The zero-order valence-corrected chi connectivity index (χ0v) is 19.1. The number of fused-ring (bicyclic) bond motifs is 2. The molecule has 1 aliphatic carbocycles. The summed E-state index contributed by atoms with van der Waals surface area (Å²) in [6, 6.07) is 9.99. The lowest BCUT2D eigenvalue weighted by atomic mass is 9.77. The number of aliphatic hydroxyl groups is 1. The van der Waals surface area contributed by atoms with E-state index in [9.17, 15) is 9.90 Å². The molecule has 0 radical (unpaired) electrons. The number of pyridine rings is 1. The molecule has 3 N–H and O–H groups in total. The average molecular weight is 458 g/mol. The Morgan fingerprint density at radius 1 is 1.18 bits per heavy atom. The normalized spacial score (nSPS) is 16.8. The number of hydrogen-bond donors (Lipinski definition) is 3. The van der Waals surface area contributed by atoms with Crippen LogP contribution in [0.5, 0.6) is 0 Å². The summed E-state index contributed by atoms with van der Waals surface area (Å²) in [4.78, 5) is 26.7. The van der Waals surface area contributed by atoms with Crippen LogP contribution in [0.15, 0.2) is 47.5 Å². The molecule has 1 aromatic carbocycles. The minimum atomic E-state index is -0.890. The van der Waals surface area contributed by atoms with E-state index < -0.39 is 5.60 Å². The number of aromatic nitrogens is 5. The molecule has 1 saturated carbocycles. The predicted octanol–water partition coefficient (Wildman–Crippen LogP) is 2.76. The maximum atomic E-state index is 13.1. The van der Waals surface area contributed by atoms with E-state index >= 15 is 0 Å². The molecule has 6 rings (SSSR count). The van der Waals surface area contributed by atoms with Crippen LogP contribution in [0, 0.1) is 0 Å². The second kappa shape index (κ2) is 8.03. The molecule has 2 aliphatic rings. The largest absolute Gasteiger partial charge is 0.384 e. The summed E-state index contributed by atoms with van der Waals surface area (Å²) in [7, 11) is 0. The van der Waals surface area contributed by atoms with Crippen molar-refractivity contribution in [3.05, 3.63) is 69.9 Å². The van der Waals surface area contributed by atoms with Crippen LogP contribution >= 0.6 is 0 Å². The molecule has 9 nitrogen and oxygen atoms in total. The van der Waals surface area contributed by atoms with Crippen LogP contribution in [-0.4, -0.2) is 36.0 Å². The summed E-state index contributed by atoms with van der Waals surface area (Å²) >= 11 is 0. The van der Waals surface area contributed by atoms with Gasteiger partial charge in [-0.05, 0) is 74.5 Å². The smallest absolute Gasteiger partial charge is 0.278 e. The highest BCUT2D eigenvalue weighted by Gasteiger charge is 2.37. The fourth-order valence-electron chi connectivity index (χ4n) is 4.90. The maximum Gasteiger partial charge on any atom is 0.278 e. The molecule has 34 heavy (non-hydrogen) atoms. The van der Waals surface area contributed by atoms with Crippen LogP contribution in [-0.2, 0) is 25.1 Å². The van der Waals surface area contributed by atoms with Crippen molar-refractivity contribution >= 4 is 22.7 Å². The highest BCUT2D eigenvalue weighted by molar-refractivity contribution is 5.77. The van der Waals surface area contributed by atoms with E-state index in [2.05, 4.69) is 32.7 Å². The van der Waals surface area contributed by atoms with Crippen molar-refractivity contribution < 1.29 is 5.11 Å². The Bertz CT molecular complexity index is 1450. The van der Waals surface area contributed by atoms with Gasteiger partial charge < -0.3 is 15.7 Å². The third-order valence-corrected chi connectivity index (χ3v) is 6.97. The zero-order valence-electron chi connectivity index (χ0n) is 19.1. The van der Waals surface area contributed by atoms with Crippen LogP contribution in [0.4, 0.5) is 11.6 Å². The van der Waals surface area contributed by atoms with Crippen molar-refractivity contribution in [2.45, 2.75) is 51.3 Å². The van der Waals surface area contributed by atoms with Crippen LogP contribution in [0.1, 0.15) is 43.0 Å². The lowest BCUT2D eigenvalue weighted by molar-refractivity contribution is -0.0426. The number of hydrogen-bond acceptors (Lipinski definition) is 7. The van der Waals surface area contributed by atoms with Crippen LogP contribution in [0.3, 0.4) is 0 Å². The summed E-state index contributed by atoms with van der Waals surface area (Å²) in [6.45, 7) is 4.24. The lowest BCUT2D eigenvalue weighted by Crippen LogP contribution is -2.34. The quantitative estimate of drug-likeness (QED) is 0.423. The predicted molar refractivity (Wildman–Crippen MR) is 129 cm³/mol. The van der Waals surface area contributed by atoms with E-state index in [1.165, 1.54) is 11.1 Å². The summed E-state index contributed by atoms with van der Waals surface area (Å²) in [5.41, 5.74) is 4.38. The van der Waals surface area contributed by atoms with E-state index in [0.29, 0.717) is 42.1 Å². The second-order valence-electron chi connectivity index (χ2n) is 9.08. The van der Waals surface area contributed by atoms with E-state index in [1.807, 2.05) is 25.1 Å². The number of nitrogens with zero attached hydrogens (tertiary/aromatic N) is 5. The Hall–Kier alpha value is -3.56. The van der Waals surface area contributed by atoms with Crippen LogP contribution in [0.2, 0.25) is 0 Å². The van der Waals surface area contributed by atoms with Crippen molar-refractivity contribution in [2.75, 3.05) is 11.9 Å². The van der Waals surface area contributed by atoms with Gasteiger partial charge in [-0.1, -0.05) is 6.07 Å². The first-order valence-electron chi connectivity index (χ1n) is 11.8. The average Bonchev–Trinajstić information content (AvgIpc) is 3.13. The Morgan fingerprint density at radius 3 is 2.85 bits per heavy atom. The molecule has 0 spiro atoms. The highest BCUT2D eigenvalue weighted by atomic mass is 16.3. The number of rotatable bonds is 5. The third-order valence-electron chi connectivity index (χ3n) is 6.97. The van der Waals surface area contributed by atoms with Gasteiger partial charge in [0.05, 0.1) is 11.4 Å². The molecule has 0 atom stereocenters. The molecule has 4 aromatic rings. The van der Waals surface area contributed by atoms with Gasteiger partial charge in [-0.2, -0.15) is 4.98 Å². The summed E-state index contributed by atoms with van der Waals surface area (Å²) < 4.78 is 3.44. The van der Waals surface area contributed by atoms with Gasteiger partial charge in [0.25, 0.3) is 5.56 Å². The van der Waals surface area contributed by atoms with Crippen molar-refractivity contribution in [2.24, 2.45) is 0 Å². The summed E-state index contributed by atoms with van der Waals surface area (Å²) in [6.07, 6.45) is 6.66. The molecule has 4 heterocycles. The Kier molecular flexibility index (Phi) is 4.96. The third kappa shape index (κ3) is 3.39. The van der Waals surface area contributed by atoms with E-state index in [4.69, 9.17) is 4.98 Å². The zero-order chi connectivity index (χ0) is 23.3. The van der Waals surface area contributed by atoms with Gasteiger partial charge in [0.1, 0.15) is 11.0 Å². The standard InChI is InChI=1S/C25H27N7O2/c1-2-31-23(33)20-15-28-24(29-18-5-4-16-6-10-26-14-17(16)12-18)30-22(20)32(31)19-7-11-27-21(13-19)25(34)8-3-9-25/h4-5,7,11-13,15,26,34H,2-3,6,8-10,14H2,1H3,(H,28,29,30). The number of benzene rings is 1. The van der Waals surface area contributed by atoms with E-state index in [0.717, 1.165) is 37.3 Å². The molecule has 0 bridgehead atoms. The topological polar surface area (TPSA) is 110 Å². The Balaban J connectivity index is 1.43. The fourth-order valence-corrected chi connectivity index (χ4v) is 4.90. The molecular weight excluding hydrogens is 430 g/mol. The van der Waals surface area contributed by atoms with Gasteiger partial charge in [-0.25, -0.2) is 14.3 Å². The van der Waals surface area contributed by atoms with E-state index in [1.54, 1.807) is 21.8 Å². The first-order valence-corrected chi connectivity index (χ1v) is 11.8. The van der Waals surface area contributed by atoms with Crippen molar-refractivity contribution in [3.63, 3.8) is 0 Å². The lowest BCUT2D eigenvalue weighted by Gasteiger charge is -2.36. The summed E-state index contributed by atoms with van der Waals surface area (Å²) in [5.74, 6) is 0.421. The van der Waals surface area contributed by atoms with E-state index in [-0.39, 0.29) is 5.56 Å². The second-order valence-corrected chi connectivity index (χ2v) is 9.08. The SMILES string of the molecule is CCn1c(=O)c2cnc(Nc3ccc4c(c3)CNCC4)nc2n1-c1ccnc(C2(O)CCC2)c1. The molecule has 3 aromatic heterocycles. The van der Waals surface area contributed by atoms with Gasteiger partial charge >= 0.3 is 0 Å². The minimum Gasteiger partial charge on any atom is -0.384 e. The van der Waals surface area contributed by atoms with Gasteiger partial charge in [-0.15, -0.1) is 0 Å². The van der Waals surface area contributed by atoms with Crippen LogP contribution < -0.4 is 16.2 Å². The molecule has 1 fully saturated rings. The van der Waals surface area contributed by atoms with Crippen molar-refractivity contribution in [1.29, 1.82) is 0 Å². The van der Waals surface area contributed by atoms with Gasteiger partial charge in [0.2, 0.25) is 5.95 Å². The molecule has 1 aliphatic heterocycles. The van der Waals surface area contributed by atoms with Gasteiger partial charge in [0.15, 0.2) is 5.65 Å². The van der Waals surface area contributed by atoms with Gasteiger partial charge in [-0.3, -0.25) is 9.78 Å². The Morgan fingerprint density at radius 2 is 2.06 bits per heavy atom. The van der Waals surface area contributed by atoms with Gasteiger partial charge in [0, 0.05) is 31.2 Å². The summed E-state index contributed by atoms with van der Waals surface area (Å²) in [5, 5.41) is 18.0. The molecule has 0 unspecified atom stereocenters. The molecule has 0 amide bonds. The van der Waals surface area contributed by atoms with Crippen molar-refractivity contribution in [3.8, 4) is 5.69 Å². The molecule has 0 saturated heterocycles. The number of anilines is 2. The van der Waals surface area contributed by atoms with Crippen LogP contribution in [0.25, 0.3) is 16.7 Å². The molecule has 174 valence electrons. The fraction of sp³-hybridized carbons (Fsp3) is 0.360.